The van der Waals surface area contributed by atoms with Crippen LogP contribution in [-0.4, -0.2) is 4.98 Å². The molecule has 0 atom stereocenters. The molecule has 0 unspecified atom stereocenters. The van der Waals surface area contributed by atoms with Crippen LogP contribution in [0.25, 0.3) is 0 Å². The minimum Gasteiger partial charge on any atom is -0.442 e. The Labute approximate surface area is 174 Å². The zero-order valence-corrected chi connectivity index (χ0v) is 19.9. The first-order chi connectivity index (χ1) is 10.8. The second-order valence-electron chi connectivity index (χ2n) is 9.34. The Morgan fingerprint density at radius 1 is 0.720 bits per heavy atom. The largest absolute Gasteiger partial charge is 0.442 e. The van der Waals surface area contributed by atoms with Crippen molar-refractivity contribution in [3.63, 3.8) is 0 Å². The summed E-state index contributed by atoms with van der Waals surface area (Å²) < 4.78 is 0. The molecule has 136 valence electrons. The molecule has 3 heteroatoms. The number of hydrogen-bond donors (Lipinski definition) is 0. The summed E-state index contributed by atoms with van der Waals surface area (Å²) in [4.78, 5) is 9.62. The minimum atomic E-state index is 0. The first-order valence-corrected chi connectivity index (χ1v) is 8.73. The van der Waals surface area contributed by atoms with E-state index in [1.54, 1.807) is 0 Å². The first kappa shape index (κ1) is 24.2. The fraction of sp³-hybridized carbons (Fsp3) is 0.545. The van der Waals surface area contributed by atoms with E-state index in [-0.39, 0.29) is 42.4 Å². The van der Waals surface area contributed by atoms with E-state index in [4.69, 9.17) is 9.97 Å². The summed E-state index contributed by atoms with van der Waals surface area (Å²) in [5.41, 5.74) is 2.42. The number of imidazole rings is 1. The zero-order chi connectivity index (χ0) is 18.6. The van der Waals surface area contributed by atoms with Gasteiger partial charge in [-0.1, -0.05) is 79.5 Å². The first-order valence-electron chi connectivity index (χ1n) is 8.73. The molecule has 0 saturated heterocycles. The van der Waals surface area contributed by atoms with Crippen molar-refractivity contribution in [2.75, 3.05) is 0 Å². The van der Waals surface area contributed by atoms with Crippen molar-refractivity contribution in [1.82, 2.24) is 9.97 Å². The molecule has 0 saturated carbocycles. The molecule has 2 aromatic rings. The SMILES string of the molecule is CC(C)(C)c1nc(C(C)(C)C)c(C(C)(C)C)[n-]1.[Zr].c1ccc[cH+]cc1. The summed E-state index contributed by atoms with van der Waals surface area (Å²) in [5, 5.41) is 0. The molecule has 0 spiro atoms. The third-order valence-corrected chi connectivity index (χ3v) is 3.53. The molecule has 2 rings (SSSR count). The third kappa shape index (κ3) is 7.95. The van der Waals surface area contributed by atoms with Gasteiger partial charge >= 0.3 is 0 Å². The van der Waals surface area contributed by atoms with Crippen molar-refractivity contribution in [3.8, 4) is 0 Å². The van der Waals surface area contributed by atoms with Gasteiger partial charge in [-0.2, -0.15) is 0 Å². The van der Waals surface area contributed by atoms with Crippen molar-refractivity contribution < 1.29 is 26.2 Å². The van der Waals surface area contributed by atoms with Gasteiger partial charge in [-0.3, -0.25) is 0 Å². The van der Waals surface area contributed by atoms with Gasteiger partial charge in [0, 0.05) is 68.7 Å². The Morgan fingerprint density at radius 2 is 1.20 bits per heavy atom. The maximum Gasteiger partial charge on any atom is 0.0467 e. The average molecular weight is 418 g/mol. The van der Waals surface area contributed by atoms with E-state index in [2.05, 4.69) is 62.3 Å². The maximum absolute atomic E-state index is 4.81. The quantitative estimate of drug-likeness (QED) is 0.499. The molecule has 0 aliphatic heterocycles. The summed E-state index contributed by atoms with van der Waals surface area (Å²) in [6.45, 7) is 19.7. The molecular weight excluding hydrogens is 383 g/mol. The van der Waals surface area contributed by atoms with Gasteiger partial charge in [0.05, 0.1) is 0 Å². The van der Waals surface area contributed by atoms with Gasteiger partial charge in [0.2, 0.25) is 0 Å². The van der Waals surface area contributed by atoms with Crippen molar-refractivity contribution >= 4 is 0 Å². The van der Waals surface area contributed by atoms with Crippen LogP contribution in [0.1, 0.15) is 79.5 Å². The van der Waals surface area contributed by atoms with Crippen LogP contribution in [0.15, 0.2) is 42.5 Å². The van der Waals surface area contributed by atoms with Gasteiger partial charge < -0.3 is 9.97 Å². The zero-order valence-electron chi connectivity index (χ0n) is 17.4. The molecule has 2 nitrogen and oxygen atoms in total. The normalized spacial score (nSPS) is 11.9. The van der Waals surface area contributed by atoms with Crippen molar-refractivity contribution in [1.29, 1.82) is 0 Å². The van der Waals surface area contributed by atoms with E-state index in [1.807, 2.05) is 42.5 Å². The van der Waals surface area contributed by atoms with Gasteiger partial charge in [-0.25, -0.2) is 0 Å². The predicted octanol–water partition coefficient (Wildman–Crippen LogP) is 5.90. The van der Waals surface area contributed by atoms with Gasteiger partial charge in [-0.05, 0) is 16.2 Å². The second kappa shape index (κ2) is 9.22. The fourth-order valence-electron chi connectivity index (χ4n) is 2.17. The van der Waals surface area contributed by atoms with Crippen LogP contribution < -0.4 is 4.98 Å². The number of rotatable bonds is 0. The van der Waals surface area contributed by atoms with Crippen LogP contribution in [-0.2, 0) is 42.4 Å². The molecule has 0 aliphatic carbocycles. The monoisotopic (exact) mass is 416 g/mol. The van der Waals surface area contributed by atoms with Crippen molar-refractivity contribution in [2.24, 2.45) is 0 Å². The van der Waals surface area contributed by atoms with E-state index in [1.165, 1.54) is 0 Å². The number of hydrogen-bond acceptors (Lipinski definition) is 1. The Balaban J connectivity index is 0.000000603. The van der Waals surface area contributed by atoms with Crippen LogP contribution in [0, 0.1) is 0 Å². The summed E-state index contributed by atoms with van der Waals surface area (Å²) in [6.07, 6.45) is 0. The average Bonchev–Trinajstić information content (AvgIpc) is 2.68. The van der Waals surface area contributed by atoms with Crippen molar-refractivity contribution in [3.05, 3.63) is 59.7 Å². The summed E-state index contributed by atoms with van der Waals surface area (Å²) in [6, 6.07) is 14.0. The molecule has 0 N–H and O–H groups in total. The van der Waals surface area contributed by atoms with Gasteiger partial charge in [0.15, 0.2) is 0 Å². The van der Waals surface area contributed by atoms with E-state index >= 15 is 0 Å². The van der Waals surface area contributed by atoms with Crippen LogP contribution in [0.4, 0.5) is 0 Å². The Hall–Kier alpha value is -0.817. The van der Waals surface area contributed by atoms with Gasteiger partial charge in [-0.15, -0.1) is 0 Å². The second-order valence-corrected chi connectivity index (χ2v) is 9.34. The molecule has 0 amide bonds. The summed E-state index contributed by atoms with van der Waals surface area (Å²) in [5.74, 6) is 0.965. The molecule has 25 heavy (non-hydrogen) atoms. The summed E-state index contributed by atoms with van der Waals surface area (Å²) in [7, 11) is 0. The molecule has 0 aliphatic rings. The predicted molar refractivity (Wildman–Crippen MR) is 105 cm³/mol. The topological polar surface area (TPSA) is 27.0 Å². The molecule has 1 heterocycles. The van der Waals surface area contributed by atoms with Crippen LogP contribution in [0.5, 0.6) is 0 Å². The fourth-order valence-corrected chi connectivity index (χ4v) is 2.17. The molecule has 1 aromatic heterocycles. The maximum atomic E-state index is 4.81. The van der Waals surface area contributed by atoms with Crippen LogP contribution >= 0.6 is 0 Å². The third-order valence-electron chi connectivity index (χ3n) is 3.53. The standard InChI is InChI=1S/C15H27N2.C7H7.Zr/c1-13(2,3)10-11(14(4,5)6)17-12(16-10)15(7,8)9;1-2-4-6-7-5-3-1;/h1-9H3;1-7H;/q-1;+1;. The van der Waals surface area contributed by atoms with Crippen molar-refractivity contribution in [2.45, 2.75) is 78.6 Å². The molecule has 1 aromatic carbocycles. The number of nitrogens with zero attached hydrogens (tertiary/aromatic N) is 2. The Morgan fingerprint density at radius 3 is 1.52 bits per heavy atom. The van der Waals surface area contributed by atoms with E-state index in [0.29, 0.717) is 0 Å². The van der Waals surface area contributed by atoms with E-state index in [9.17, 15) is 0 Å². The van der Waals surface area contributed by atoms with E-state index < -0.39 is 0 Å². The summed E-state index contributed by atoms with van der Waals surface area (Å²) >= 11 is 0. The molecule has 0 bridgehead atoms. The number of aromatic nitrogens is 2. The van der Waals surface area contributed by atoms with E-state index in [0.717, 1.165) is 17.2 Å². The molecule has 0 radical (unpaired) electrons. The Kier molecular flexibility index (Phi) is 8.91. The minimum absolute atomic E-state index is 0. The van der Waals surface area contributed by atoms with Gasteiger partial charge in [0.25, 0.3) is 0 Å². The van der Waals surface area contributed by atoms with Gasteiger partial charge in [0.1, 0.15) is 0 Å². The Bertz CT molecular complexity index is 561. The van der Waals surface area contributed by atoms with Crippen LogP contribution in [0.2, 0.25) is 0 Å². The molecule has 0 fully saturated rings. The molecular formula is C22H34N2Zr. The van der Waals surface area contributed by atoms with Crippen LogP contribution in [0.3, 0.4) is 0 Å². The smallest absolute Gasteiger partial charge is 0.0467 e.